The van der Waals surface area contributed by atoms with Gasteiger partial charge in [0.25, 0.3) is 5.78 Å². The van der Waals surface area contributed by atoms with Crippen LogP contribution in [0.4, 0.5) is 5.82 Å². The molecule has 0 unspecified atom stereocenters. The lowest BCUT2D eigenvalue weighted by molar-refractivity contribution is -0.128. The summed E-state index contributed by atoms with van der Waals surface area (Å²) in [4.78, 5) is 29.3. The SMILES string of the molecule is O=C(CSc1nc2ncccn2n1)N1CCN(c2ccccn2)CC1. The molecule has 0 aliphatic carbocycles. The highest BCUT2D eigenvalue weighted by Crippen LogP contribution is 2.16. The fourth-order valence-electron chi connectivity index (χ4n) is 2.72. The van der Waals surface area contributed by atoms with Crippen molar-refractivity contribution in [3.05, 3.63) is 42.9 Å². The minimum Gasteiger partial charge on any atom is -0.353 e. The molecule has 8 nitrogen and oxygen atoms in total. The molecular weight excluding hydrogens is 338 g/mol. The van der Waals surface area contributed by atoms with Crippen molar-refractivity contribution in [3.8, 4) is 0 Å². The molecule has 0 bridgehead atoms. The number of thioether (sulfide) groups is 1. The number of hydrogen-bond acceptors (Lipinski definition) is 7. The quantitative estimate of drug-likeness (QED) is 0.645. The summed E-state index contributed by atoms with van der Waals surface area (Å²) in [5.74, 6) is 1.95. The average Bonchev–Trinajstić information content (AvgIpc) is 3.10. The van der Waals surface area contributed by atoms with E-state index in [-0.39, 0.29) is 5.91 Å². The van der Waals surface area contributed by atoms with E-state index in [9.17, 15) is 4.79 Å². The average molecular weight is 355 g/mol. The second kappa shape index (κ2) is 7.06. The summed E-state index contributed by atoms with van der Waals surface area (Å²) in [5, 5.41) is 4.87. The van der Waals surface area contributed by atoms with Gasteiger partial charge >= 0.3 is 0 Å². The molecule has 0 spiro atoms. The van der Waals surface area contributed by atoms with E-state index >= 15 is 0 Å². The van der Waals surface area contributed by atoms with Crippen LogP contribution in [0.5, 0.6) is 0 Å². The van der Waals surface area contributed by atoms with Gasteiger partial charge in [0.1, 0.15) is 5.82 Å². The second-order valence-corrected chi connectivity index (χ2v) is 6.55. The molecule has 128 valence electrons. The van der Waals surface area contributed by atoms with Crippen molar-refractivity contribution < 1.29 is 4.79 Å². The van der Waals surface area contributed by atoms with Crippen molar-refractivity contribution in [2.45, 2.75) is 5.16 Å². The van der Waals surface area contributed by atoms with Crippen molar-refractivity contribution in [3.63, 3.8) is 0 Å². The first-order valence-corrected chi connectivity index (χ1v) is 9.02. The van der Waals surface area contributed by atoms with Gasteiger partial charge in [-0.2, -0.15) is 4.98 Å². The third-order valence-electron chi connectivity index (χ3n) is 4.03. The zero-order valence-corrected chi connectivity index (χ0v) is 14.3. The lowest BCUT2D eigenvalue weighted by atomic mass is 10.3. The highest BCUT2D eigenvalue weighted by atomic mass is 32.2. The highest BCUT2D eigenvalue weighted by molar-refractivity contribution is 7.99. The van der Waals surface area contributed by atoms with Crippen LogP contribution in [0.25, 0.3) is 5.78 Å². The number of aromatic nitrogens is 5. The number of fused-ring (bicyclic) bond motifs is 1. The number of nitrogens with zero attached hydrogens (tertiary/aromatic N) is 7. The Morgan fingerprint density at radius 3 is 2.68 bits per heavy atom. The molecule has 1 saturated heterocycles. The minimum atomic E-state index is 0.109. The molecule has 4 rings (SSSR count). The van der Waals surface area contributed by atoms with E-state index in [1.54, 1.807) is 29.2 Å². The first-order chi connectivity index (χ1) is 12.3. The number of piperazine rings is 1. The molecule has 0 aromatic carbocycles. The topological polar surface area (TPSA) is 79.5 Å². The van der Waals surface area contributed by atoms with Gasteiger partial charge in [-0.15, -0.1) is 5.10 Å². The molecule has 0 N–H and O–H groups in total. The lowest BCUT2D eigenvalue weighted by Crippen LogP contribution is -2.49. The first-order valence-electron chi connectivity index (χ1n) is 8.03. The number of hydrogen-bond donors (Lipinski definition) is 0. The molecule has 3 aromatic rings. The van der Waals surface area contributed by atoms with Crippen molar-refractivity contribution >= 4 is 29.3 Å². The molecule has 1 amide bonds. The fourth-order valence-corrected chi connectivity index (χ4v) is 3.45. The van der Waals surface area contributed by atoms with E-state index in [2.05, 4.69) is 25.0 Å². The predicted octanol–water partition coefficient (Wildman–Crippen LogP) is 0.960. The summed E-state index contributed by atoms with van der Waals surface area (Å²) in [7, 11) is 0. The molecule has 3 aromatic heterocycles. The maximum absolute atomic E-state index is 12.4. The van der Waals surface area contributed by atoms with E-state index < -0.39 is 0 Å². The van der Waals surface area contributed by atoms with E-state index in [4.69, 9.17) is 0 Å². The maximum atomic E-state index is 12.4. The number of amides is 1. The molecular formula is C16H17N7OS. The van der Waals surface area contributed by atoms with Crippen LogP contribution in [0.1, 0.15) is 0 Å². The summed E-state index contributed by atoms with van der Waals surface area (Å²) < 4.78 is 1.61. The third kappa shape index (κ3) is 3.55. The Balaban J connectivity index is 1.30. The predicted molar refractivity (Wildman–Crippen MR) is 94.5 cm³/mol. The van der Waals surface area contributed by atoms with Gasteiger partial charge in [0.05, 0.1) is 5.75 Å². The van der Waals surface area contributed by atoms with Crippen LogP contribution < -0.4 is 4.90 Å². The Kier molecular flexibility index (Phi) is 4.47. The Morgan fingerprint density at radius 2 is 1.92 bits per heavy atom. The van der Waals surface area contributed by atoms with Crippen molar-refractivity contribution in [1.29, 1.82) is 0 Å². The van der Waals surface area contributed by atoms with Gasteiger partial charge in [-0.1, -0.05) is 17.8 Å². The minimum absolute atomic E-state index is 0.109. The largest absolute Gasteiger partial charge is 0.353 e. The Bertz CT molecular complexity index is 828. The summed E-state index contributed by atoms with van der Waals surface area (Å²) in [5.41, 5.74) is 0. The molecule has 0 saturated carbocycles. The standard InChI is InChI=1S/C16H17N7OS/c24-14(12-25-16-19-15-18-6-3-7-23(15)20-16)22-10-8-21(9-11-22)13-4-1-2-5-17-13/h1-7H,8-12H2. The Morgan fingerprint density at radius 1 is 1.08 bits per heavy atom. The van der Waals surface area contributed by atoms with Gasteiger partial charge < -0.3 is 9.80 Å². The number of pyridine rings is 1. The van der Waals surface area contributed by atoms with Crippen LogP contribution in [0.2, 0.25) is 0 Å². The smallest absolute Gasteiger partial charge is 0.253 e. The van der Waals surface area contributed by atoms with Gasteiger partial charge in [0, 0.05) is 44.8 Å². The Hall–Kier alpha value is -2.68. The monoisotopic (exact) mass is 355 g/mol. The van der Waals surface area contributed by atoms with E-state index in [1.165, 1.54) is 11.8 Å². The molecule has 0 radical (unpaired) electrons. The third-order valence-corrected chi connectivity index (χ3v) is 4.85. The van der Waals surface area contributed by atoms with Crippen molar-refractivity contribution in [2.75, 3.05) is 36.8 Å². The van der Waals surface area contributed by atoms with Gasteiger partial charge in [0.2, 0.25) is 11.1 Å². The summed E-state index contributed by atoms with van der Waals surface area (Å²) in [6.45, 7) is 3.00. The highest BCUT2D eigenvalue weighted by Gasteiger charge is 2.22. The number of carbonyl (C=O) groups is 1. The van der Waals surface area contributed by atoms with Gasteiger partial charge in [-0.25, -0.2) is 14.5 Å². The summed E-state index contributed by atoms with van der Waals surface area (Å²) >= 11 is 1.34. The van der Waals surface area contributed by atoms with Gasteiger partial charge in [-0.05, 0) is 18.2 Å². The number of rotatable bonds is 4. The lowest BCUT2D eigenvalue weighted by Gasteiger charge is -2.35. The normalized spacial score (nSPS) is 14.9. The van der Waals surface area contributed by atoms with Crippen LogP contribution >= 0.6 is 11.8 Å². The van der Waals surface area contributed by atoms with Gasteiger partial charge in [0.15, 0.2) is 0 Å². The zero-order valence-electron chi connectivity index (χ0n) is 13.5. The number of carbonyl (C=O) groups excluding carboxylic acids is 1. The van der Waals surface area contributed by atoms with Crippen LogP contribution in [0.3, 0.4) is 0 Å². The van der Waals surface area contributed by atoms with Crippen LogP contribution in [0.15, 0.2) is 48.0 Å². The molecule has 1 aliphatic rings. The zero-order chi connectivity index (χ0) is 17.1. The van der Waals surface area contributed by atoms with E-state index in [0.29, 0.717) is 29.8 Å². The van der Waals surface area contributed by atoms with Crippen LogP contribution in [-0.4, -0.2) is 67.3 Å². The Labute approximate surface area is 148 Å². The van der Waals surface area contributed by atoms with Crippen LogP contribution in [0, 0.1) is 0 Å². The van der Waals surface area contributed by atoms with E-state index in [0.717, 1.165) is 18.9 Å². The molecule has 4 heterocycles. The first kappa shape index (κ1) is 15.8. The fraction of sp³-hybridized carbons (Fsp3) is 0.312. The van der Waals surface area contributed by atoms with Crippen molar-refractivity contribution in [1.82, 2.24) is 29.5 Å². The van der Waals surface area contributed by atoms with Crippen LogP contribution in [-0.2, 0) is 4.79 Å². The molecule has 1 fully saturated rings. The van der Waals surface area contributed by atoms with Crippen molar-refractivity contribution in [2.24, 2.45) is 0 Å². The molecule has 1 aliphatic heterocycles. The maximum Gasteiger partial charge on any atom is 0.253 e. The van der Waals surface area contributed by atoms with Gasteiger partial charge in [-0.3, -0.25) is 4.79 Å². The molecule has 25 heavy (non-hydrogen) atoms. The summed E-state index contributed by atoms with van der Waals surface area (Å²) in [6, 6.07) is 7.68. The summed E-state index contributed by atoms with van der Waals surface area (Å²) in [6.07, 6.45) is 5.25. The number of anilines is 1. The second-order valence-electron chi connectivity index (χ2n) is 5.60. The molecule has 9 heteroatoms. The molecule has 0 atom stereocenters. The van der Waals surface area contributed by atoms with E-state index in [1.807, 2.05) is 23.1 Å².